The molecule has 2 aliphatic rings. The van der Waals surface area contributed by atoms with Gasteiger partial charge in [-0.25, -0.2) is 0 Å². The average Bonchev–Trinajstić information content (AvgIpc) is 3.02. The fraction of sp³-hybridized carbons (Fsp3) is 0.750. The summed E-state index contributed by atoms with van der Waals surface area (Å²) in [5.74, 6) is -0.690. The van der Waals surface area contributed by atoms with E-state index >= 15 is 0 Å². The number of piperidine rings is 1. The topological polar surface area (TPSA) is 79.5 Å². The second-order valence-corrected chi connectivity index (χ2v) is 5.39. The van der Waals surface area contributed by atoms with Gasteiger partial charge in [-0.2, -0.15) is 13.8 Å². The lowest BCUT2D eigenvalue weighted by molar-refractivity contribution is -0.143. The number of carbonyl (C=O) groups excluding carboxylic acids is 1. The van der Waals surface area contributed by atoms with Crippen molar-refractivity contribution < 1.29 is 23.2 Å². The third-order valence-electron chi connectivity index (χ3n) is 3.91. The van der Waals surface area contributed by atoms with E-state index in [0.717, 1.165) is 0 Å². The molecule has 0 unspecified atom stereocenters. The van der Waals surface area contributed by atoms with Gasteiger partial charge in [0.25, 0.3) is 11.8 Å². The maximum absolute atomic E-state index is 12.4. The Morgan fingerprint density at radius 1 is 1.40 bits per heavy atom. The molecule has 1 aromatic heterocycles. The lowest BCUT2D eigenvalue weighted by Gasteiger charge is -2.32. The van der Waals surface area contributed by atoms with Crippen LogP contribution in [0.4, 0.5) is 8.78 Å². The number of hydrogen-bond acceptors (Lipinski definition) is 5. The van der Waals surface area contributed by atoms with Crippen LogP contribution in [0, 0.1) is 0 Å². The Balaban J connectivity index is 1.59. The average molecular weight is 287 g/mol. The van der Waals surface area contributed by atoms with E-state index in [-0.39, 0.29) is 17.6 Å². The molecule has 1 amide bonds. The molecule has 0 bridgehead atoms. The van der Waals surface area contributed by atoms with E-state index in [4.69, 9.17) is 0 Å². The lowest BCUT2D eigenvalue weighted by Crippen LogP contribution is -2.44. The van der Waals surface area contributed by atoms with E-state index in [0.29, 0.717) is 38.8 Å². The summed E-state index contributed by atoms with van der Waals surface area (Å²) in [6, 6.07) is 0. The van der Waals surface area contributed by atoms with Crippen molar-refractivity contribution in [2.24, 2.45) is 0 Å². The zero-order valence-electron chi connectivity index (χ0n) is 10.8. The van der Waals surface area contributed by atoms with Gasteiger partial charge in [0.05, 0.1) is 0 Å². The van der Waals surface area contributed by atoms with Gasteiger partial charge in [-0.1, -0.05) is 5.16 Å². The normalized spacial score (nSPS) is 22.3. The first-order valence-electron chi connectivity index (χ1n) is 6.63. The summed E-state index contributed by atoms with van der Waals surface area (Å²) in [6.07, 6.45) is -0.543. The Kier molecular flexibility index (Phi) is 3.19. The monoisotopic (exact) mass is 287 g/mol. The number of likely N-dealkylation sites (tertiary alicyclic amines) is 1. The van der Waals surface area contributed by atoms with Crippen molar-refractivity contribution in [1.29, 1.82) is 0 Å². The van der Waals surface area contributed by atoms with E-state index in [1.165, 1.54) is 0 Å². The maximum atomic E-state index is 12.4. The molecule has 0 radical (unpaired) electrons. The molecule has 1 saturated carbocycles. The zero-order chi connectivity index (χ0) is 14.3. The Bertz CT molecular complexity index is 508. The van der Waals surface area contributed by atoms with Crippen LogP contribution in [0.1, 0.15) is 49.7 Å². The summed E-state index contributed by atoms with van der Waals surface area (Å²) < 4.78 is 29.2. The molecule has 110 valence electrons. The molecule has 3 rings (SSSR count). The summed E-state index contributed by atoms with van der Waals surface area (Å²) in [5, 5.41) is 13.4. The van der Waals surface area contributed by atoms with E-state index in [2.05, 4.69) is 14.7 Å². The highest BCUT2D eigenvalue weighted by Crippen LogP contribution is 2.38. The Labute approximate surface area is 113 Å². The minimum absolute atomic E-state index is 0.0795. The summed E-state index contributed by atoms with van der Waals surface area (Å²) in [4.78, 5) is 17.3. The van der Waals surface area contributed by atoms with Crippen LogP contribution in [0.5, 0.6) is 0 Å². The Morgan fingerprint density at radius 2 is 2.05 bits per heavy atom. The highest BCUT2D eigenvalue weighted by Gasteiger charge is 2.50. The molecular formula is C12H15F2N3O3. The number of nitrogens with zero attached hydrogens (tertiary/aromatic N) is 3. The maximum Gasteiger partial charge on any atom is 0.315 e. The van der Waals surface area contributed by atoms with Crippen LogP contribution in [0.2, 0.25) is 0 Å². The number of aromatic nitrogens is 2. The van der Waals surface area contributed by atoms with Crippen molar-refractivity contribution in [2.45, 2.75) is 43.6 Å². The number of aliphatic hydroxyl groups is 1. The molecule has 20 heavy (non-hydrogen) atoms. The minimum Gasteiger partial charge on any atom is -0.380 e. The van der Waals surface area contributed by atoms with Crippen LogP contribution < -0.4 is 0 Å². The lowest BCUT2D eigenvalue weighted by atomic mass is 9.95. The van der Waals surface area contributed by atoms with Gasteiger partial charge in [0.15, 0.2) is 5.82 Å². The number of halogens is 2. The van der Waals surface area contributed by atoms with Gasteiger partial charge >= 0.3 is 6.43 Å². The van der Waals surface area contributed by atoms with E-state index in [1.54, 1.807) is 4.90 Å². The quantitative estimate of drug-likeness (QED) is 0.904. The van der Waals surface area contributed by atoms with Gasteiger partial charge < -0.3 is 14.5 Å². The number of rotatable bonds is 3. The Morgan fingerprint density at radius 3 is 2.55 bits per heavy atom. The summed E-state index contributed by atoms with van der Waals surface area (Å²) in [7, 11) is 0. The van der Waals surface area contributed by atoms with Crippen LogP contribution >= 0.6 is 0 Å². The number of amides is 1. The first-order chi connectivity index (χ1) is 9.49. The fourth-order valence-corrected chi connectivity index (χ4v) is 2.47. The van der Waals surface area contributed by atoms with Crippen LogP contribution in [0.3, 0.4) is 0 Å². The zero-order valence-corrected chi connectivity index (χ0v) is 10.8. The van der Waals surface area contributed by atoms with Gasteiger partial charge in [-0.15, -0.1) is 0 Å². The smallest absolute Gasteiger partial charge is 0.315 e. The summed E-state index contributed by atoms with van der Waals surface area (Å²) >= 11 is 0. The molecule has 1 aromatic rings. The second-order valence-electron chi connectivity index (χ2n) is 5.39. The molecule has 1 aliphatic heterocycles. The van der Waals surface area contributed by atoms with Gasteiger partial charge in [0, 0.05) is 19.0 Å². The summed E-state index contributed by atoms with van der Waals surface area (Å²) in [6.45, 7) is 0.953. The van der Waals surface area contributed by atoms with Crippen LogP contribution in [-0.4, -0.2) is 44.7 Å². The number of carbonyl (C=O) groups is 1. The molecule has 1 saturated heterocycles. The molecule has 2 heterocycles. The van der Waals surface area contributed by atoms with Gasteiger partial charge in [0.2, 0.25) is 0 Å². The van der Waals surface area contributed by atoms with Crippen LogP contribution in [0.15, 0.2) is 4.52 Å². The third-order valence-corrected chi connectivity index (χ3v) is 3.91. The largest absolute Gasteiger partial charge is 0.380 e. The molecule has 8 heteroatoms. The SMILES string of the molecule is O=C(N1CCC(c2noc(C(F)F)n2)CC1)C1(O)CC1. The second kappa shape index (κ2) is 4.76. The minimum atomic E-state index is -2.76. The van der Waals surface area contributed by atoms with Crippen molar-refractivity contribution in [1.82, 2.24) is 15.0 Å². The predicted molar refractivity (Wildman–Crippen MR) is 62.0 cm³/mol. The number of alkyl halides is 2. The molecule has 0 spiro atoms. The van der Waals surface area contributed by atoms with Gasteiger partial charge in [-0.3, -0.25) is 4.79 Å². The molecule has 1 N–H and O–H groups in total. The molecule has 2 fully saturated rings. The van der Waals surface area contributed by atoms with E-state index < -0.39 is 17.9 Å². The highest BCUT2D eigenvalue weighted by molar-refractivity contribution is 5.87. The van der Waals surface area contributed by atoms with Crippen LogP contribution in [-0.2, 0) is 4.79 Å². The van der Waals surface area contributed by atoms with Crippen molar-refractivity contribution in [3.63, 3.8) is 0 Å². The van der Waals surface area contributed by atoms with Crippen molar-refractivity contribution >= 4 is 5.91 Å². The molecular weight excluding hydrogens is 272 g/mol. The molecule has 1 aliphatic carbocycles. The summed E-state index contributed by atoms with van der Waals surface area (Å²) in [5.41, 5.74) is -1.15. The van der Waals surface area contributed by atoms with Crippen molar-refractivity contribution in [3.8, 4) is 0 Å². The highest BCUT2D eigenvalue weighted by atomic mass is 19.3. The standard InChI is InChI=1S/C12H15F2N3O3/c13-8(14)10-15-9(16-20-10)7-1-5-17(6-2-7)11(18)12(19)3-4-12/h7-8,19H,1-6H2. The fourth-order valence-electron chi connectivity index (χ4n) is 2.47. The van der Waals surface area contributed by atoms with E-state index in [9.17, 15) is 18.7 Å². The van der Waals surface area contributed by atoms with E-state index in [1.807, 2.05) is 0 Å². The molecule has 0 aromatic carbocycles. The van der Waals surface area contributed by atoms with Crippen LogP contribution in [0.25, 0.3) is 0 Å². The number of hydrogen-bond donors (Lipinski definition) is 1. The third kappa shape index (κ3) is 2.39. The van der Waals surface area contributed by atoms with Gasteiger partial charge in [0.1, 0.15) is 5.60 Å². The first-order valence-corrected chi connectivity index (χ1v) is 6.63. The Hall–Kier alpha value is -1.57. The molecule has 6 nitrogen and oxygen atoms in total. The molecule has 0 atom stereocenters. The first kappa shape index (κ1) is 13.4. The van der Waals surface area contributed by atoms with Gasteiger partial charge in [-0.05, 0) is 25.7 Å². The predicted octanol–water partition coefficient (Wildman–Crippen LogP) is 1.24. The van der Waals surface area contributed by atoms with Crippen molar-refractivity contribution in [2.75, 3.05) is 13.1 Å². The van der Waals surface area contributed by atoms with Crippen molar-refractivity contribution in [3.05, 3.63) is 11.7 Å².